The van der Waals surface area contributed by atoms with Gasteiger partial charge in [-0.1, -0.05) is 0 Å². The van der Waals surface area contributed by atoms with Crippen LogP contribution in [-0.2, 0) is 9.53 Å². The Hall–Kier alpha value is -3.18. The predicted molar refractivity (Wildman–Crippen MR) is 138 cm³/mol. The molecule has 5 heterocycles. The zero-order chi connectivity index (χ0) is 25.7. The van der Waals surface area contributed by atoms with Gasteiger partial charge >= 0.3 is 5.97 Å². The quantitative estimate of drug-likeness (QED) is 0.472. The van der Waals surface area contributed by atoms with Crippen molar-refractivity contribution in [1.82, 2.24) is 18.9 Å². The highest BCUT2D eigenvalue weighted by atomic mass is 32.1. The molecule has 0 aromatic carbocycles. The third kappa shape index (κ3) is 4.66. The molecule has 2 aliphatic heterocycles. The molecule has 11 heteroatoms. The number of fused-ring (bicyclic) bond motifs is 1. The molecule has 1 N–H and O–H groups in total. The molecule has 0 bridgehead atoms. The first-order valence-corrected chi connectivity index (χ1v) is 13.7. The number of rotatable bonds is 8. The van der Waals surface area contributed by atoms with Crippen LogP contribution in [0, 0.1) is 12.8 Å². The van der Waals surface area contributed by atoms with Crippen LogP contribution in [0.4, 0.5) is 5.82 Å². The van der Waals surface area contributed by atoms with Crippen LogP contribution in [0.5, 0.6) is 0 Å². The second kappa shape index (κ2) is 9.60. The third-order valence-electron chi connectivity index (χ3n) is 7.60. The molecule has 37 heavy (non-hydrogen) atoms. The summed E-state index contributed by atoms with van der Waals surface area (Å²) in [6.45, 7) is 3.73. The van der Waals surface area contributed by atoms with Crippen molar-refractivity contribution in [2.24, 2.45) is 5.92 Å². The minimum Gasteiger partial charge on any atom is -0.477 e. The summed E-state index contributed by atoms with van der Waals surface area (Å²) in [5.74, 6) is 0.681. The summed E-state index contributed by atoms with van der Waals surface area (Å²) >= 11 is 1.17. The van der Waals surface area contributed by atoms with Gasteiger partial charge in [-0.2, -0.15) is 4.37 Å². The van der Waals surface area contributed by atoms with Gasteiger partial charge in [0, 0.05) is 49.8 Å². The number of aromatic carboxylic acids is 1. The highest BCUT2D eigenvalue weighted by Crippen LogP contribution is 2.39. The number of ketones is 1. The molecular weight excluding hydrogens is 494 g/mol. The Bertz CT molecular complexity index is 1430. The molecule has 1 aliphatic carbocycles. The van der Waals surface area contributed by atoms with Gasteiger partial charge in [0.15, 0.2) is 5.65 Å². The number of hydrogen-bond acceptors (Lipinski definition) is 9. The monoisotopic (exact) mass is 523 g/mol. The Morgan fingerprint density at radius 1 is 1.19 bits per heavy atom. The minimum absolute atomic E-state index is 0.0396. The molecule has 1 unspecified atom stereocenters. The van der Waals surface area contributed by atoms with Crippen LogP contribution in [0.25, 0.3) is 16.2 Å². The van der Waals surface area contributed by atoms with E-state index in [2.05, 4.69) is 9.36 Å². The number of pyridine rings is 2. The number of aromatic nitrogens is 4. The molecule has 1 saturated carbocycles. The van der Waals surface area contributed by atoms with Gasteiger partial charge in [0.05, 0.1) is 17.4 Å². The van der Waals surface area contributed by atoms with Crippen LogP contribution in [0.2, 0.25) is 0 Å². The topological polar surface area (TPSA) is 128 Å². The number of anilines is 1. The van der Waals surface area contributed by atoms with Crippen molar-refractivity contribution < 1.29 is 19.4 Å². The largest absolute Gasteiger partial charge is 0.477 e. The molecular formula is C26H29N5O5S. The van der Waals surface area contributed by atoms with E-state index in [0.717, 1.165) is 44.5 Å². The molecule has 194 valence electrons. The van der Waals surface area contributed by atoms with Crippen molar-refractivity contribution in [3.63, 3.8) is 0 Å². The van der Waals surface area contributed by atoms with Crippen molar-refractivity contribution >= 4 is 40.1 Å². The van der Waals surface area contributed by atoms with E-state index in [1.807, 2.05) is 4.90 Å². The van der Waals surface area contributed by atoms with Gasteiger partial charge in [-0.25, -0.2) is 14.8 Å². The lowest BCUT2D eigenvalue weighted by Gasteiger charge is -2.39. The van der Waals surface area contributed by atoms with E-state index in [-0.39, 0.29) is 28.8 Å². The molecule has 6 rings (SSSR count). The Labute approximate surface area is 217 Å². The smallest absolute Gasteiger partial charge is 0.341 e. The normalized spacial score (nSPS) is 20.2. The summed E-state index contributed by atoms with van der Waals surface area (Å²) in [4.78, 5) is 49.1. The number of carboxylic acid groups (broad SMARTS) is 1. The lowest BCUT2D eigenvalue weighted by molar-refractivity contribution is -0.124. The van der Waals surface area contributed by atoms with Crippen LogP contribution in [-0.4, -0.2) is 61.6 Å². The zero-order valence-electron chi connectivity index (χ0n) is 20.7. The summed E-state index contributed by atoms with van der Waals surface area (Å²) in [6, 6.07) is 1.80. The number of hydrogen-bond donors (Lipinski definition) is 1. The summed E-state index contributed by atoms with van der Waals surface area (Å²) in [7, 11) is 0. The Morgan fingerprint density at radius 2 is 2.00 bits per heavy atom. The Kier molecular flexibility index (Phi) is 6.28. The fraction of sp³-hybridized carbons (Fsp3) is 0.538. The maximum atomic E-state index is 13.1. The van der Waals surface area contributed by atoms with Crippen LogP contribution in [0.1, 0.15) is 72.6 Å². The van der Waals surface area contributed by atoms with Crippen LogP contribution >= 0.6 is 11.5 Å². The molecule has 0 amide bonds. The average Bonchev–Trinajstić information content (AvgIpc) is 3.59. The summed E-state index contributed by atoms with van der Waals surface area (Å²) in [5, 5.41) is 10.4. The van der Waals surface area contributed by atoms with Crippen LogP contribution in [0.3, 0.4) is 0 Å². The van der Waals surface area contributed by atoms with E-state index in [0.29, 0.717) is 47.6 Å². The van der Waals surface area contributed by atoms with E-state index in [1.165, 1.54) is 24.2 Å². The van der Waals surface area contributed by atoms with Crippen molar-refractivity contribution in [2.45, 2.75) is 63.9 Å². The van der Waals surface area contributed by atoms with Crippen LogP contribution in [0.15, 0.2) is 17.1 Å². The predicted octanol–water partition coefficient (Wildman–Crippen LogP) is 3.48. The van der Waals surface area contributed by atoms with Gasteiger partial charge in [0.2, 0.25) is 10.6 Å². The van der Waals surface area contributed by atoms with E-state index in [9.17, 15) is 19.5 Å². The average molecular weight is 524 g/mol. The fourth-order valence-corrected chi connectivity index (χ4v) is 5.91. The zero-order valence-corrected chi connectivity index (χ0v) is 21.5. The summed E-state index contributed by atoms with van der Waals surface area (Å²) in [5.41, 5.74) is 0.0967. The van der Waals surface area contributed by atoms with E-state index >= 15 is 0 Å². The van der Waals surface area contributed by atoms with Gasteiger partial charge in [-0.15, -0.1) is 0 Å². The number of ether oxygens (including phenoxy) is 1. The summed E-state index contributed by atoms with van der Waals surface area (Å²) < 4.78 is 11.8. The molecule has 3 aliphatic rings. The van der Waals surface area contributed by atoms with Gasteiger partial charge < -0.3 is 14.7 Å². The molecule has 3 aromatic heterocycles. The molecule has 0 spiro atoms. The van der Waals surface area contributed by atoms with Gasteiger partial charge in [-0.3, -0.25) is 14.2 Å². The van der Waals surface area contributed by atoms with E-state index in [4.69, 9.17) is 9.72 Å². The first-order valence-electron chi connectivity index (χ1n) is 12.9. The van der Waals surface area contributed by atoms with Gasteiger partial charge in [0.1, 0.15) is 23.0 Å². The fourth-order valence-electron chi connectivity index (χ4n) is 5.18. The minimum atomic E-state index is -1.29. The molecule has 2 saturated heterocycles. The number of nitrogens with zero attached hydrogens (tertiary/aromatic N) is 5. The molecule has 0 radical (unpaired) electrons. The number of Topliss-reactive ketones (excluding diaryl/α,β-unsaturated/α-hetero) is 1. The first kappa shape index (κ1) is 24.2. The standard InChI is InChI=1S/C26H29N5O5S/c1-14-10-20(30-11-16(12-30)19(32)8-7-17-4-2-3-9-36-17)27-24-21(14)22(33)18(25(34)35)13-31(24)26-28-23(29-37-26)15-5-6-15/h10,13,15-17H,2-9,11-12H2,1H3,(H,34,35). The van der Waals surface area contributed by atoms with Crippen molar-refractivity contribution in [1.29, 1.82) is 0 Å². The Morgan fingerprint density at radius 3 is 2.70 bits per heavy atom. The highest BCUT2D eigenvalue weighted by Gasteiger charge is 2.34. The second-order valence-electron chi connectivity index (χ2n) is 10.3. The Balaban J connectivity index is 1.27. The van der Waals surface area contributed by atoms with Gasteiger partial charge in [-0.05, 0) is 57.1 Å². The number of carbonyl (C=O) groups excluding carboxylic acids is 1. The molecule has 3 aromatic rings. The summed E-state index contributed by atoms with van der Waals surface area (Å²) in [6.07, 6.45) is 8.22. The lowest BCUT2D eigenvalue weighted by atomic mass is 9.90. The number of aryl methyl sites for hydroxylation is 1. The SMILES string of the molecule is Cc1cc(N2CC(C(=O)CCC3CCCCO3)C2)nc2c1c(=O)c(C(=O)O)cn2-c1nc(C2CC2)ns1. The second-order valence-corrected chi connectivity index (χ2v) is 11.1. The highest BCUT2D eigenvalue weighted by molar-refractivity contribution is 7.08. The van der Waals surface area contributed by atoms with Crippen molar-refractivity contribution in [3.05, 3.63) is 39.4 Å². The molecule has 10 nitrogen and oxygen atoms in total. The molecule has 3 fully saturated rings. The lowest BCUT2D eigenvalue weighted by Crippen LogP contribution is -2.51. The first-order chi connectivity index (χ1) is 17.9. The third-order valence-corrected chi connectivity index (χ3v) is 8.33. The van der Waals surface area contributed by atoms with Gasteiger partial charge in [0.25, 0.3) is 0 Å². The van der Waals surface area contributed by atoms with E-state index in [1.54, 1.807) is 17.6 Å². The molecule has 1 atom stereocenters. The number of carbonyl (C=O) groups is 2. The van der Waals surface area contributed by atoms with Crippen LogP contribution < -0.4 is 10.3 Å². The van der Waals surface area contributed by atoms with Crippen molar-refractivity contribution in [2.75, 3.05) is 24.6 Å². The maximum absolute atomic E-state index is 13.1. The number of carboxylic acids is 1. The van der Waals surface area contributed by atoms with Crippen molar-refractivity contribution in [3.8, 4) is 5.13 Å². The van der Waals surface area contributed by atoms with E-state index < -0.39 is 11.4 Å². The maximum Gasteiger partial charge on any atom is 0.341 e.